The third kappa shape index (κ3) is 6.20. The predicted octanol–water partition coefficient (Wildman–Crippen LogP) is 4.97. The lowest BCUT2D eigenvalue weighted by molar-refractivity contribution is -0.124. The van der Waals surface area contributed by atoms with Gasteiger partial charge in [-0.15, -0.1) is 0 Å². The maximum absolute atomic E-state index is 12.3. The van der Waals surface area contributed by atoms with Gasteiger partial charge >= 0.3 is 0 Å². The Morgan fingerprint density at radius 1 is 0.935 bits per heavy atom. The molecule has 2 saturated heterocycles. The monoisotopic (exact) mass is 418 g/mol. The number of piperidine rings is 1. The van der Waals surface area contributed by atoms with Crippen LogP contribution in [0.2, 0.25) is 0 Å². The summed E-state index contributed by atoms with van der Waals surface area (Å²) in [5.74, 6) is 1.66. The summed E-state index contributed by atoms with van der Waals surface area (Å²) < 4.78 is 6.07. The molecular weight excluding hydrogens is 384 g/mol. The van der Waals surface area contributed by atoms with Crippen molar-refractivity contribution in [2.24, 2.45) is 0 Å². The number of hydrogen-bond donors (Lipinski definition) is 0. The smallest absolute Gasteiger partial charge is 0.246 e. The fourth-order valence-electron chi connectivity index (χ4n) is 4.64. The van der Waals surface area contributed by atoms with Crippen LogP contribution in [0.5, 0.6) is 5.75 Å². The van der Waals surface area contributed by atoms with Gasteiger partial charge in [0.15, 0.2) is 0 Å². The molecule has 2 aliphatic rings. The summed E-state index contributed by atoms with van der Waals surface area (Å²) in [7, 11) is 0. The van der Waals surface area contributed by atoms with Crippen molar-refractivity contribution in [2.45, 2.75) is 38.0 Å². The second kappa shape index (κ2) is 11.1. The molecule has 2 aromatic carbocycles. The largest absolute Gasteiger partial charge is 0.493 e. The normalized spacial score (nSPS) is 18.0. The lowest BCUT2D eigenvalue weighted by Crippen LogP contribution is -2.34. The number of likely N-dealkylation sites (tertiary alicyclic amines) is 2. The molecule has 2 fully saturated rings. The third-order valence-corrected chi connectivity index (χ3v) is 6.48. The van der Waals surface area contributed by atoms with Crippen LogP contribution in [-0.2, 0) is 4.79 Å². The highest BCUT2D eigenvalue weighted by atomic mass is 16.5. The molecule has 2 heterocycles. The van der Waals surface area contributed by atoms with Crippen LogP contribution in [0.25, 0.3) is 6.08 Å². The van der Waals surface area contributed by atoms with E-state index in [0.717, 1.165) is 63.3 Å². The van der Waals surface area contributed by atoms with Gasteiger partial charge in [-0.05, 0) is 68.8 Å². The molecule has 0 unspecified atom stereocenters. The Labute approximate surface area is 186 Å². The summed E-state index contributed by atoms with van der Waals surface area (Å²) in [4.78, 5) is 16.7. The molecule has 0 atom stereocenters. The molecule has 0 bridgehead atoms. The summed E-state index contributed by atoms with van der Waals surface area (Å²) in [6.07, 6.45) is 9.30. The molecule has 0 N–H and O–H groups in total. The minimum absolute atomic E-state index is 0.103. The summed E-state index contributed by atoms with van der Waals surface area (Å²) in [5.41, 5.74) is 2.46. The van der Waals surface area contributed by atoms with E-state index in [0.29, 0.717) is 12.5 Å². The van der Waals surface area contributed by atoms with E-state index in [4.69, 9.17) is 4.74 Å². The van der Waals surface area contributed by atoms with E-state index in [9.17, 15) is 4.79 Å². The molecular formula is C27H34N2O2. The van der Waals surface area contributed by atoms with E-state index < -0.39 is 0 Å². The van der Waals surface area contributed by atoms with Crippen molar-refractivity contribution in [3.8, 4) is 5.75 Å². The zero-order valence-corrected chi connectivity index (χ0v) is 18.4. The van der Waals surface area contributed by atoms with E-state index in [1.54, 1.807) is 6.08 Å². The molecule has 1 amide bonds. The third-order valence-electron chi connectivity index (χ3n) is 6.48. The molecule has 0 aliphatic carbocycles. The van der Waals surface area contributed by atoms with Crippen LogP contribution in [0.15, 0.2) is 60.7 Å². The van der Waals surface area contributed by atoms with Gasteiger partial charge in [-0.25, -0.2) is 0 Å². The Morgan fingerprint density at radius 2 is 1.65 bits per heavy atom. The summed E-state index contributed by atoms with van der Waals surface area (Å²) in [6, 6.07) is 18.9. The van der Waals surface area contributed by atoms with Gasteiger partial charge in [0, 0.05) is 31.3 Å². The van der Waals surface area contributed by atoms with Crippen LogP contribution in [0.3, 0.4) is 0 Å². The van der Waals surface area contributed by atoms with Gasteiger partial charge in [-0.1, -0.05) is 48.5 Å². The van der Waals surface area contributed by atoms with Gasteiger partial charge in [0.2, 0.25) is 5.91 Å². The summed E-state index contributed by atoms with van der Waals surface area (Å²) >= 11 is 0. The number of amides is 1. The van der Waals surface area contributed by atoms with E-state index >= 15 is 0 Å². The molecule has 164 valence electrons. The molecule has 0 saturated carbocycles. The molecule has 0 aromatic heterocycles. The highest BCUT2D eigenvalue weighted by molar-refractivity contribution is 5.92. The van der Waals surface area contributed by atoms with Crippen molar-refractivity contribution in [1.82, 2.24) is 9.80 Å². The van der Waals surface area contributed by atoms with Gasteiger partial charge in [0.1, 0.15) is 5.75 Å². The van der Waals surface area contributed by atoms with E-state index in [1.807, 2.05) is 35.2 Å². The molecule has 4 nitrogen and oxygen atoms in total. The first-order valence-corrected chi connectivity index (χ1v) is 11.8. The maximum atomic E-state index is 12.3. The average Bonchev–Trinajstić information content (AvgIpc) is 3.37. The maximum Gasteiger partial charge on any atom is 0.246 e. The first-order valence-electron chi connectivity index (χ1n) is 11.8. The second-order valence-electron chi connectivity index (χ2n) is 8.63. The number of nitrogens with zero attached hydrogens (tertiary/aromatic N) is 2. The molecule has 4 heteroatoms. The van der Waals surface area contributed by atoms with Crippen molar-refractivity contribution < 1.29 is 9.53 Å². The first-order chi connectivity index (χ1) is 15.3. The second-order valence-corrected chi connectivity index (χ2v) is 8.63. The van der Waals surface area contributed by atoms with Crippen LogP contribution in [0.4, 0.5) is 0 Å². The van der Waals surface area contributed by atoms with Gasteiger partial charge in [-0.2, -0.15) is 0 Å². The Kier molecular flexibility index (Phi) is 7.78. The minimum Gasteiger partial charge on any atom is -0.493 e. The van der Waals surface area contributed by atoms with Crippen LogP contribution < -0.4 is 4.74 Å². The summed E-state index contributed by atoms with van der Waals surface area (Å²) in [6.45, 7) is 5.86. The average molecular weight is 419 g/mol. The van der Waals surface area contributed by atoms with Gasteiger partial charge in [0.05, 0.1) is 6.61 Å². The first kappa shape index (κ1) is 21.6. The number of carbonyl (C=O) groups excluding carboxylic acids is 1. The number of carbonyl (C=O) groups is 1. The van der Waals surface area contributed by atoms with E-state index in [-0.39, 0.29) is 5.91 Å². The van der Waals surface area contributed by atoms with Gasteiger partial charge in [-0.3, -0.25) is 4.79 Å². The Balaban J connectivity index is 1.19. The molecule has 31 heavy (non-hydrogen) atoms. The Bertz CT molecular complexity index is 851. The van der Waals surface area contributed by atoms with Crippen LogP contribution in [-0.4, -0.2) is 55.0 Å². The van der Waals surface area contributed by atoms with Crippen LogP contribution >= 0.6 is 0 Å². The van der Waals surface area contributed by atoms with Gasteiger partial charge in [0.25, 0.3) is 0 Å². The molecule has 4 rings (SSSR count). The quantitative estimate of drug-likeness (QED) is 0.448. The van der Waals surface area contributed by atoms with Gasteiger partial charge < -0.3 is 14.5 Å². The SMILES string of the molecule is O=C(C=Cc1ccccc1OCCCN1CCC(c2ccccc2)CC1)N1CCCC1. The molecule has 2 aromatic rings. The van der Waals surface area contributed by atoms with Crippen molar-refractivity contribution in [2.75, 3.05) is 39.3 Å². The highest BCUT2D eigenvalue weighted by Gasteiger charge is 2.20. The zero-order valence-electron chi connectivity index (χ0n) is 18.4. The van der Waals surface area contributed by atoms with E-state index in [1.165, 1.54) is 18.4 Å². The number of ether oxygens (including phenoxy) is 1. The Morgan fingerprint density at radius 3 is 2.42 bits per heavy atom. The molecule has 2 aliphatic heterocycles. The van der Waals surface area contributed by atoms with E-state index in [2.05, 4.69) is 35.2 Å². The van der Waals surface area contributed by atoms with Crippen molar-refractivity contribution in [3.05, 3.63) is 71.8 Å². The highest BCUT2D eigenvalue weighted by Crippen LogP contribution is 2.27. The lowest BCUT2D eigenvalue weighted by atomic mass is 9.89. The topological polar surface area (TPSA) is 32.8 Å². The molecule has 0 spiro atoms. The van der Waals surface area contributed by atoms with Crippen molar-refractivity contribution in [3.63, 3.8) is 0 Å². The van der Waals surface area contributed by atoms with Crippen molar-refractivity contribution >= 4 is 12.0 Å². The minimum atomic E-state index is 0.103. The number of hydrogen-bond acceptors (Lipinski definition) is 3. The number of para-hydroxylation sites is 1. The molecule has 0 radical (unpaired) electrons. The van der Waals surface area contributed by atoms with Crippen molar-refractivity contribution in [1.29, 1.82) is 0 Å². The van der Waals surface area contributed by atoms with Crippen LogP contribution in [0.1, 0.15) is 49.1 Å². The fraction of sp³-hybridized carbons (Fsp3) is 0.444. The van der Waals surface area contributed by atoms with Crippen LogP contribution in [0, 0.1) is 0 Å². The fourth-order valence-corrected chi connectivity index (χ4v) is 4.64. The predicted molar refractivity (Wildman–Crippen MR) is 126 cm³/mol. The Hall–Kier alpha value is -2.59. The number of rotatable bonds is 8. The summed E-state index contributed by atoms with van der Waals surface area (Å²) in [5, 5.41) is 0. The number of benzene rings is 2. The zero-order chi connectivity index (χ0) is 21.3. The standard InChI is InChI=1S/C27H34N2O2/c30-27(29-18-6-7-19-29)14-13-25-11-4-5-12-26(25)31-22-8-17-28-20-15-24(16-21-28)23-9-2-1-3-10-23/h1-5,9-14,24H,6-8,15-22H2. The lowest BCUT2D eigenvalue weighted by Gasteiger charge is -2.32.